The third-order valence-corrected chi connectivity index (χ3v) is 5.20. The molecule has 1 aliphatic heterocycles. The molecule has 0 atom stereocenters. The number of likely N-dealkylation sites (tertiary alicyclic amines) is 1. The minimum absolute atomic E-state index is 0.0690. The molecule has 0 spiro atoms. The smallest absolute Gasteiger partial charge is 0.276 e. The van der Waals surface area contributed by atoms with Gasteiger partial charge in [0.1, 0.15) is 5.82 Å². The van der Waals surface area contributed by atoms with Crippen LogP contribution in [0.4, 0.5) is 5.82 Å². The van der Waals surface area contributed by atoms with Crippen LogP contribution in [0, 0.1) is 5.92 Å². The van der Waals surface area contributed by atoms with Crippen molar-refractivity contribution in [2.75, 3.05) is 18.4 Å². The summed E-state index contributed by atoms with van der Waals surface area (Å²) in [5.74, 6) is 0.111. The zero-order valence-corrected chi connectivity index (χ0v) is 16.3. The monoisotopic (exact) mass is 410 g/mol. The molecule has 2 amide bonds. The summed E-state index contributed by atoms with van der Waals surface area (Å²) >= 11 is 6.17. The van der Waals surface area contributed by atoms with Crippen molar-refractivity contribution in [3.63, 3.8) is 0 Å². The zero-order chi connectivity index (χ0) is 20.2. The Kier molecular flexibility index (Phi) is 5.53. The largest absolute Gasteiger partial charge is 0.337 e. The number of halogens is 1. The molecule has 0 unspecified atom stereocenters. The number of nitrogens with zero attached hydrogens (tertiary/aromatic N) is 5. The molecule has 0 saturated carbocycles. The molecule has 1 N–H and O–H groups in total. The molecule has 1 saturated heterocycles. The fourth-order valence-corrected chi connectivity index (χ4v) is 3.51. The number of benzene rings is 1. The van der Waals surface area contributed by atoms with Crippen molar-refractivity contribution in [2.45, 2.75) is 12.8 Å². The molecule has 2 aromatic heterocycles. The minimum Gasteiger partial charge on any atom is -0.337 e. The first-order valence-corrected chi connectivity index (χ1v) is 9.68. The Balaban J connectivity index is 1.36. The lowest BCUT2D eigenvalue weighted by Crippen LogP contribution is -2.41. The summed E-state index contributed by atoms with van der Waals surface area (Å²) in [7, 11) is 0. The van der Waals surface area contributed by atoms with Crippen LogP contribution in [0.2, 0.25) is 5.02 Å². The first kappa shape index (κ1) is 19.1. The van der Waals surface area contributed by atoms with Gasteiger partial charge in [0.2, 0.25) is 5.91 Å². The predicted octanol–water partition coefficient (Wildman–Crippen LogP) is 2.81. The molecular weight excluding hydrogens is 392 g/mol. The maximum absolute atomic E-state index is 12.8. The number of carbonyl (C=O) groups is 2. The van der Waals surface area contributed by atoms with Gasteiger partial charge in [0.15, 0.2) is 5.69 Å². The Labute approximate surface area is 172 Å². The number of hydrogen-bond acceptors (Lipinski definition) is 5. The highest BCUT2D eigenvalue weighted by atomic mass is 35.5. The van der Waals surface area contributed by atoms with E-state index in [2.05, 4.69) is 20.6 Å². The Morgan fingerprint density at radius 1 is 1.07 bits per heavy atom. The summed E-state index contributed by atoms with van der Waals surface area (Å²) in [5.41, 5.74) is 0.909. The molecular formula is C20H19ClN6O2. The van der Waals surface area contributed by atoms with E-state index in [4.69, 9.17) is 11.6 Å². The van der Waals surface area contributed by atoms with Crippen LogP contribution in [-0.2, 0) is 4.79 Å². The second-order valence-corrected chi connectivity index (χ2v) is 7.18. The van der Waals surface area contributed by atoms with Crippen molar-refractivity contribution in [1.29, 1.82) is 0 Å². The molecule has 4 rings (SSSR count). The quantitative estimate of drug-likeness (QED) is 0.713. The summed E-state index contributed by atoms with van der Waals surface area (Å²) in [6.45, 7) is 0.968. The highest BCUT2D eigenvalue weighted by molar-refractivity contribution is 6.32. The van der Waals surface area contributed by atoms with Crippen LogP contribution >= 0.6 is 11.6 Å². The predicted molar refractivity (Wildman–Crippen MR) is 108 cm³/mol. The van der Waals surface area contributed by atoms with Crippen molar-refractivity contribution in [1.82, 2.24) is 24.9 Å². The number of amides is 2. The van der Waals surface area contributed by atoms with Gasteiger partial charge in [-0.1, -0.05) is 35.0 Å². The van der Waals surface area contributed by atoms with Crippen LogP contribution in [0.3, 0.4) is 0 Å². The number of piperidine rings is 1. The summed E-state index contributed by atoms with van der Waals surface area (Å²) < 4.78 is 1.49. The van der Waals surface area contributed by atoms with E-state index in [-0.39, 0.29) is 23.4 Å². The van der Waals surface area contributed by atoms with Crippen LogP contribution < -0.4 is 5.32 Å². The van der Waals surface area contributed by atoms with E-state index in [0.717, 1.165) is 0 Å². The number of para-hydroxylation sites is 1. The lowest BCUT2D eigenvalue weighted by molar-refractivity contribution is -0.121. The van der Waals surface area contributed by atoms with Gasteiger partial charge in [0.25, 0.3) is 5.91 Å². The van der Waals surface area contributed by atoms with E-state index in [1.165, 1.54) is 4.68 Å². The lowest BCUT2D eigenvalue weighted by atomic mass is 9.95. The zero-order valence-electron chi connectivity index (χ0n) is 15.5. The van der Waals surface area contributed by atoms with Crippen LogP contribution in [0.1, 0.15) is 23.3 Å². The molecule has 3 heterocycles. The normalized spacial score (nSPS) is 14.6. The topological polar surface area (TPSA) is 93.0 Å². The first-order chi connectivity index (χ1) is 14.1. The fourth-order valence-electron chi connectivity index (χ4n) is 3.29. The van der Waals surface area contributed by atoms with Gasteiger partial charge in [-0.15, -0.1) is 5.10 Å². The molecule has 1 fully saturated rings. The highest BCUT2D eigenvalue weighted by Crippen LogP contribution is 2.22. The second kappa shape index (κ2) is 8.40. The van der Waals surface area contributed by atoms with Crippen LogP contribution in [0.25, 0.3) is 5.69 Å². The number of carbonyl (C=O) groups excluding carboxylic acids is 2. The number of aromatic nitrogens is 4. The first-order valence-electron chi connectivity index (χ1n) is 9.30. The van der Waals surface area contributed by atoms with Crippen LogP contribution in [-0.4, -0.2) is 49.8 Å². The number of pyridine rings is 1. The van der Waals surface area contributed by atoms with E-state index < -0.39 is 0 Å². The van der Waals surface area contributed by atoms with Gasteiger partial charge in [-0.25, -0.2) is 9.67 Å². The fraction of sp³-hybridized carbons (Fsp3) is 0.250. The lowest BCUT2D eigenvalue weighted by Gasteiger charge is -2.30. The number of nitrogens with one attached hydrogen (secondary N) is 1. The molecule has 0 radical (unpaired) electrons. The van der Waals surface area contributed by atoms with Crippen LogP contribution in [0.15, 0.2) is 54.9 Å². The van der Waals surface area contributed by atoms with Gasteiger partial charge in [0, 0.05) is 25.2 Å². The van der Waals surface area contributed by atoms with Gasteiger partial charge < -0.3 is 10.2 Å². The van der Waals surface area contributed by atoms with Crippen molar-refractivity contribution in [2.24, 2.45) is 5.92 Å². The van der Waals surface area contributed by atoms with Gasteiger partial charge >= 0.3 is 0 Å². The van der Waals surface area contributed by atoms with Crippen molar-refractivity contribution in [3.8, 4) is 5.69 Å². The van der Waals surface area contributed by atoms with Crippen molar-refractivity contribution in [3.05, 3.63) is 65.6 Å². The number of anilines is 1. The average Bonchev–Trinajstić information content (AvgIpc) is 3.24. The maximum Gasteiger partial charge on any atom is 0.276 e. The third-order valence-electron chi connectivity index (χ3n) is 4.88. The molecule has 9 heteroatoms. The standard InChI is InChI=1S/C20H19ClN6O2/c21-15-5-1-2-6-17(15)27-13-16(24-25-27)20(29)26-11-8-14(9-12-26)19(28)23-18-7-3-4-10-22-18/h1-7,10,13-14H,8-9,11-12H2,(H,22,23,28). The third kappa shape index (κ3) is 4.27. The van der Waals surface area contributed by atoms with Crippen molar-refractivity contribution >= 4 is 29.2 Å². The van der Waals surface area contributed by atoms with E-state index in [9.17, 15) is 9.59 Å². The van der Waals surface area contributed by atoms with Gasteiger partial charge in [-0.3, -0.25) is 9.59 Å². The minimum atomic E-state index is -0.202. The SMILES string of the molecule is O=C(Nc1ccccn1)C1CCN(C(=O)c2cn(-c3ccccc3Cl)nn2)CC1. The van der Waals surface area contributed by atoms with E-state index >= 15 is 0 Å². The maximum atomic E-state index is 12.8. The summed E-state index contributed by atoms with van der Waals surface area (Å²) in [6, 6.07) is 12.6. The van der Waals surface area contributed by atoms with E-state index in [1.807, 2.05) is 18.2 Å². The Morgan fingerprint density at radius 3 is 2.55 bits per heavy atom. The molecule has 1 aromatic carbocycles. The van der Waals surface area contributed by atoms with Gasteiger partial charge in [-0.05, 0) is 37.1 Å². The Hall–Kier alpha value is -3.26. The Morgan fingerprint density at radius 2 is 1.83 bits per heavy atom. The molecule has 0 bridgehead atoms. The molecule has 8 nitrogen and oxygen atoms in total. The van der Waals surface area contributed by atoms with E-state index in [1.54, 1.807) is 41.6 Å². The molecule has 0 aliphatic carbocycles. The van der Waals surface area contributed by atoms with Crippen LogP contribution in [0.5, 0.6) is 0 Å². The summed E-state index contributed by atoms with van der Waals surface area (Å²) in [6.07, 6.45) is 4.38. The molecule has 148 valence electrons. The molecule has 29 heavy (non-hydrogen) atoms. The average molecular weight is 411 g/mol. The summed E-state index contributed by atoms with van der Waals surface area (Å²) in [4.78, 5) is 31.0. The molecule has 3 aromatic rings. The van der Waals surface area contributed by atoms with E-state index in [0.29, 0.717) is 42.5 Å². The second-order valence-electron chi connectivity index (χ2n) is 6.77. The van der Waals surface area contributed by atoms with Gasteiger partial charge in [-0.2, -0.15) is 0 Å². The Bertz CT molecular complexity index is 1010. The van der Waals surface area contributed by atoms with Gasteiger partial charge in [0.05, 0.1) is 16.9 Å². The molecule has 1 aliphatic rings. The number of hydrogen-bond donors (Lipinski definition) is 1. The highest BCUT2D eigenvalue weighted by Gasteiger charge is 2.29. The number of rotatable bonds is 4. The summed E-state index contributed by atoms with van der Waals surface area (Å²) in [5, 5.41) is 11.4. The van der Waals surface area contributed by atoms with Crippen molar-refractivity contribution < 1.29 is 9.59 Å².